The van der Waals surface area contributed by atoms with E-state index in [9.17, 15) is 44.6 Å². The van der Waals surface area contributed by atoms with E-state index >= 15 is 0 Å². The van der Waals surface area contributed by atoms with Crippen molar-refractivity contribution in [2.75, 3.05) is 19.8 Å². The Morgan fingerprint density at radius 1 is 0.500 bits per heavy atom. The molecule has 1 N–H and O–H groups in total. The molecule has 0 fully saturated rings. The van der Waals surface area contributed by atoms with Gasteiger partial charge in [-0.05, 0) is 79.4 Å². The Labute approximate surface area is 301 Å². The Kier molecular flexibility index (Phi) is 17.3. The number of alkyl halides is 9. The van der Waals surface area contributed by atoms with Gasteiger partial charge in [-0.2, -0.15) is 39.5 Å². The summed E-state index contributed by atoms with van der Waals surface area (Å²) in [6.07, 6.45) is -11.1. The first-order valence-corrected chi connectivity index (χ1v) is 16.4. The number of hydrogen-bond acceptors (Lipinski definition) is 6. The summed E-state index contributed by atoms with van der Waals surface area (Å²) < 4.78 is 133. The van der Waals surface area contributed by atoms with Crippen LogP contribution in [0.25, 0.3) is 0 Å². The molecule has 52 heavy (non-hydrogen) atoms. The van der Waals surface area contributed by atoms with E-state index in [1.54, 1.807) is 0 Å². The Balaban J connectivity index is 0.000000279. The Bertz CT molecular complexity index is 1580. The Morgan fingerprint density at radius 3 is 1.42 bits per heavy atom. The first-order valence-electron chi connectivity index (χ1n) is 16.0. The van der Waals surface area contributed by atoms with Crippen LogP contribution in [0.4, 0.5) is 39.5 Å². The number of ether oxygens (including phenoxy) is 4. The van der Waals surface area contributed by atoms with Gasteiger partial charge in [0.2, 0.25) is 0 Å². The van der Waals surface area contributed by atoms with Crippen LogP contribution >= 0.6 is 12.6 Å². The van der Waals surface area contributed by atoms with Gasteiger partial charge in [-0.15, -0.1) is 12.6 Å². The van der Waals surface area contributed by atoms with E-state index in [-0.39, 0.29) is 36.2 Å². The van der Waals surface area contributed by atoms with Crippen LogP contribution in [-0.2, 0) is 25.1 Å². The molecule has 0 atom stereocenters. The number of thiol groups is 1. The van der Waals surface area contributed by atoms with Gasteiger partial charge in [-0.25, -0.2) is 0 Å². The van der Waals surface area contributed by atoms with Crippen LogP contribution in [0, 0.1) is 0 Å². The predicted molar refractivity (Wildman–Crippen MR) is 181 cm³/mol. The van der Waals surface area contributed by atoms with Crippen molar-refractivity contribution >= 4 is 12.6 Å². The van der Waals surface area contributed by atoms with Gasteiger partial charge in [0.15, 0.2) is 23.0 Å². The normalized spacial score (nSPS) is 11.4. The van der Waals surface area contributed by atoms with Gasteiger partial charge in [0.1, 0.15) is 12.4 Å². The largest absolute Gasteiger partial charge is 0.504 e. The van der Waals surface area contributed by atoms with Crippen LogP contribution in [0.15, 0.2) is 89.8 Å². The lowest BCUT2D eigenvalue weighted by Crippen LogP contribution is -2.07. The van der Waals surface area contributed by atoms with Gasteiger partial charge in [0, 0.05) is 4.90 Å². The molecule has 4 aromatic carbocycles. The highest BCUT2D eigenvalue weighted by atomic mass is 32.1. The van der Waals surface area contributed by atoms with Crippen molar-refractivity contribution < 1.29 is 63.6 Å². The van der Waals surface area contributed by atoms with E-state index in [1.165, 1.54) is 12.1 Å². The third kappa shape index (κ3) is 15.1. The van der Waals surface area contributed by atoms with E-state index in [2.05, 4.69) is 12.6 Å². The van der Waals surface area contributed by atoms with E-state index in [4.69, 9.17) is 18.9 Å². The maximum absolute atomic E-state index is 12.8. The smallest absolute Gasteiger partial charge is 0.416 e. The first-order chi connectivity index (χ1) is 24.4. The zero-order valence-electron chi connectivity index (χ0n) is 28.5. The van der Waals surface area contributed by atoms with Crippen molar-refractivity contribution in [3.8, 4) is 28.7 Å². The Morgan fingerprint density at radius 2 is 0.923 bits per heavy atom. The molecule has 0 radical (unpaired) electrons. The molecule has 0 heterocycles. The third-order valence-electron chi connectivity index (χ3n) is 6.47. The number of hydrogen-bond donors (Lipinski definition) is 2. The van der Waals surface area contributed by atoms with Gasteiger partial charge in [-0.1, -0.05) is 51.1 Å². The maximum Gasteiger partial charge on any atom is 0.416 e. The number of phenolic OH excluding ortho intramolecular Hbond substituents is 1. The summed E-state index contributed by atoms with van der Waals surface area (Å²) in [7, 11) is 0. The number of rotatable bonds is 12. The fourth-order valence-corrected chi connectivity index (χ4v) is 4.10. The van der Waals surface area contributed by atoms with Crippen molar-refractivity contribution in [2.24, 2.45) is 0 Å². The van der Waals surface area contributed by atoms with E-state index in [0.29, 0.717) is 36.7 Å². The molecular formula is C37H39F9O5S. The zero-order chi connectivity index (χ0) is 39.0. The highest BCUT2D eigenvalue weighted by Crippen LogP contribution is 2.38. The van der Waals surface area contributed by atoms with E-state index in [1.807, 2.05) is 51.1 Å². The standard InChI is InChI=1S/C17H17F3O2.C10H11F3O2.C10H11F3OS/c1-2-10-21-16-11-14(17(18,19)20)8-9-15(16)22-12-13-6-4-3-5-7-13;1-2-5-15-9-6-7(10(11,12)13)3-4-8(9)14;1-2-5-14-8-6-7(10(11,12)13)3-4-9(8)15/h3-9,11H,2,10,12H2,1H3;3-4,6,14H,2,5H2,1H3;3-4,6,15H,2,5H2,1H3. The van der Waals surface area contributed by atoms with Gasteiger partial charge in [-0.3, -0.25) is 0 Å². The minimum Gasteiger partial charge on any atom is -0.504 e. The van der Waals surface area contributed by atoms with Crippen LogP contribution in [0.3, 0.4) is 0 Å². The second kappa shape index (κ2) is 20.6. The van der Waals surface area contributed by atoms with Crippen LogP contribution in [0.5, 0.6) is 28.7 Å². The van der Waals surface area contributed by atoms with Crippen molar-refractivity contribution in [3.05, 3.63) is 107 Å². The summed E-state index contributed by atoms with van der Waals surface area (Å²) in [5.74, 6) is 0.191. The lowest BCUT2D eigenvalue weighted by molar-refractivity contribution is -0.138. The molecule has 4 rings (SSSR count). The number of aromatic hydroxyl groups is 1. The van der Waals surface area contributed by atoms with Gasteiger partial charge >= 0.3 is 18.5 Å². The molecule has 0 aromatic heterocycles. The summed E-state index contributed by atoms with van der Waals surface area (Å²) in [4.78, 5) is 0.413. The molecular weight excluding hydrogens is 727 g/mol. The fraction of sp³-hybridized carbons (Fsp3) is 0.351. The average Bonchev–Trinajstić information content (AvgIpc) is 3.09. The van der Waals surface area contributed by atoms with Crippen molar-refractivity contribution in [2.45, 2.75) is 70.1 Å². The van der Waals surface area contributed by atoms with Gasteiger partial charge < -0.3 is 24.1 Å². The summed E-state index contributed by atoms with van der Waals surface area (Å²) in [5, 5.41) is 9.23. The zero-order valence-corrected chi connectivity index (χ0v) is 29.4. The fourth-order valence-electron chi connectivity index (χ4n) is 3.90. The molecule has 15 heteroatoms. The average molecular weight is 767 g/mol. The first kappa shape index (κ1) is 43.8. The molecule has 0 saturated heterocycles. The van der Waals surface area contributed by atoms with E-state index in [0.717, 1.165) is 54.4 Å². The second-order valence-electron chi connectivity index (χ2n) is 10.8. The molecule has 0 aliphatic carbocycles. The van der Waals surface area contributed by atoms with Gasteiger partial charge in [0.05, 0.1) is 36.5 Å². The summed E-state index contributed by atoms with van der Waals surface area (Å²) >= 11 is 4.02. The summed E-state index contributed by atoms with van der Waals surface area (Å²) in [5.41, 5.74) is -1.35. The molecule has 4 aromatic rings. The molecule has 0 amide bonds. The van der Waals surface area contributed by atoms with Crippen molar-refractivity contribution in [1.29, 1.82) is 0 Å². The monoisotopic (exact) mass is 766 g/mol. The minimum atomic E-state index is -4.42. The lowest BCUT2D eigenvalue weighted by Gasteiger charge is -2.15. The van der Waals surface area contributed by atoms with Gasteiger partial charge in [0.25, 0.3) is 0 Å². The molecule has 0 aliphatic heterocycles. The van der Waals surface area contributed by atoms with Crippen LogP contribution in [-0.4, -0.2) is 24.9 Å². The molecule has 0 aliphatic rings. The van der Waals surface area contributed by atoms with E-state index < -0.39 is 35.2 Å². The predicted octanol–water partition coefficient (Wildman–Crippen LogP) is 12.1. The summed E-state index contributed by atoms with van der Waals surface area (Å²) in [6, 6.07) is 18.5. The number of halogens is 9. The molecule has 0 spiro atoms. The second-order valence-corrected chi connectivity index (χ2v) is 11.3. The maximum atomic E-state index is 12.8. The molecule has 0 unspecified atom stereocenters. The quantitative estimate of drug-likeness (QED) is 0.111. The van der Waals surface area contributed by atoms with Crippen molar-refractivity contribution in [1.82, 2.24) is 0 Å². The molecule has 0 bridgehead atoms. The minimum absolute atomic E-state index is 0.118. The lowest BCUT2D eigenvalue weighted by atomic mass is 10.2. The highest BCUT2D eigenvalue weighted by Gasteiger charge is 2.33. The number of benzene rings is 4. The van der Waals surface area contributed by atoms with Crippen LogP contribution in [0.2, 0.25) is 0 Å². The Hall–Kier alpha value is -4.40. The number of phenols is 1. The molecule has 0 saturated carbocycles. The molecule has 286 valence electrons. The third-order valence-corrected chi connectivity index (χ3v) is 6.84. The van der Waals surface area contributed by atoms with Crippen LogP contribution < -0.4 is 18.9 Å². The van der Waals surface area contributed by atoms with Crippen molar-refractivity contribution in [3.63, 3.8) is 0 Å². The summed E-state index contributed by atoms with van der Waals surface area (Å²) in [6.45, 7) is 6.86. The van der Waals surface area contributed by atoms with Crippen LogP contribution in [0.1, 0.15) is 62.3 Å². The SMILES string of the molecule is CCCOc1cc(C(F)(F)F)ccc1O.CCCOc1cc(C(F)(F)F)ccc1OCc1ccccc1.CCCOc1cc(C(F)(F)F)ccc1S. The molecule has 5 nitrogen and oxygen atoms in total. The topological polar surface area (TPSA) is 57.2 Å². The highest BCUT2D eigenvalue weighted by molar-refractivity contribution is 7.80.